The van der Waals surface area contributed by atoms with Crippen molar-refractivity contribution in [3.05, 3.63) is 65.7 Å². The van der Waals surface area contributed by atoms with Gasteiger partial charge in [0.15, 0.2) is 0 Å². The summed E-state index contributed by atoms with van der Waals surface area (Å²) in [5, 5.41) is 13.3. The van der Waals surface area contributed by atoms with E-state index in [1.165, 1.54) is 5.56 Å². The number of hydrogen-bond acceptors (Lipinski definition) is 3. The SMILES string of the molecule is CC(=O)N(CC1(Cc2cccc(O)c2)CCNCC1)[C@@H]1CC1c1ccccc1. The third-order valence-corrected chi connectivity index (χ3v) is 6.45. The molecule has 28 heavy (non-hydrogen) atoms. The van der Waals surface area contributed by atoms with E-state index in [-0.39, 0.29) is 11.3 Å². The lowest BCUT2D eigenvalue weighted by Gasteiger charge is -2.42. The Balaban J connectivity index is 1.53. The van der Waals surface area contributed by atoms with Crippen LogP contribution in [-0.4, -0.2) is 41.6 Å². The van der Waals surface area contributed by atoms with Gasteiger partial charge in [0.1, 0.15) is 5.75 Å². The summed E-state index contributed by atoms with van der Waals surface area (Å²) in [6.45, 7) is 4.48. The Labute approximate surface area is 167 Å². The number of benzene rings is 2. The van der Waals surface area contributed by atoms with Crippen LogP contribution in [0.25, 0.3) is 0 Å². The fraction of sp³-hybridized carbons (Fsp3) is 0.458. The van der Waals surface area contributed by atoms with E-state index >= 15 is 0 Å². The number of amides is 1. The second kappa shape index (κ2) is 7.96. The van der Waals surface area contributed by atoms with Crippen LogP contribution in [0.3, 0.4) is 0 Å². The van der Waals surface area contributed by atoms with Gasteiger partial charge in [-0.1, -0.05) is 42.5 Å². The quantitative estimate of drug-likeness (QED) is 0.806. The smallest absolute Gasteiger partial charge is 0.219 e. The fourth-order valence-electron chi connectivity index (χ4n) is 4.86. The number of carbonyl (C=O) groups excluding carboxylic acids is 1. The van der Waals surface area contributed by atoms with Crippen molar-refractivity contribution in [1.29, 1.82) is 0 Å². The van der Waals surface area contributed by atoms with Gasteiger partial charge in [-0.2, -0.15) is 0 Å². The maximum absolute atomic E-state index is 12.6. The number of aromatic hydroxyl groups is 1. The van der Waals surface area contributed by atoms with Gasteiger partial charge in [-0.3, -0.25) is 4.79 Å². The van der Waals surface area contributed by atoms with Crippen LogP contribution in [0.15, 0.2) is 54.6 Å². The molecule has 2 aromatic rings. The molecule has 4 heteroatoms. The van der Waals surface area contributed by atoms with E-state index in [0.717, 1.165) is 50.9 Å². The summed E-state index contributed by atoms with van der Waals surface area (Å²) in [6.07, 6.45) is 4.06. The number of nitrogens with zero attached hydrogens (tertiary/aromatic N) is 1. The minimum Gasteiger partial charge on any atom is -0.508 e. The molecule has 1 amide bonds. The molecular formula is C24H30N2O2. The Morgan fingerprint density at radius 2 is 1.89 bits per heavy atom. The molecule has 0 spiro atoms. The second-order valence-electron chi connectivity index (χ2n) is 8.56. The molecule has 4 rings (SSSR count). The van der Waals surface area contributed by atoms with Gasteiger partial charge < -0.3 is 15.3 Å². The first-order valence-corrected chi connectivity index (χ1v) is 10.4. The van der Waals surface area contributed by atoms with E-state index in [4.69, 9.17) is 0 Å². The standard InChI is InChI=1S/C24H30N2O2/c1-18(27)26(23-15-22(23)20-7-3-2-4-8-20)17-24(10-12-25-13-11-24)16-19-6-5-9-21(28)14-19/h2-9,14,22-23,25,28H,10-13,15-17H2,1H3/t22?,23-/m1/s1. The Morgan fingerprint density at radius 1 is 1.14 bits per heavy atom. The van der Waals surface area contributed by atoms with Crippen molar-refractivity contribution in [3.8, 4) is 5.75 Å². The molecular weight excluding hydrogens is 348 g/mol. The molecule has 2 aliphatic rings. The maximum atomic E-state index is 12.6. The predicted octanol–water partition coefficient (Wildman–Crippen LogP) is 3.71. The fourth-order valence-corrected chi connectivity index (χ4v) is 4.86. The molecule has 2 aromatic carbocycles. The number of piperidine rings is 1. The normalized spacial score (nSPS) is 23.2. The molecule has 0 aromatic heterocycles. The van der Waals surface area contributed by atoms with E-state index in [1.54, 1.807) is 13.0 Å². The highest BCUT2D eigenvalue weighted by Gasteiger charge is 2.46. The average Bonchev–Trinajstić information content (AvgIpc) is 3.48. The zero-order chi connectivity index (χ0) is 19.6. The Hall–Kier alpha value is -2.33. The van der Waals surface area contributed by atoms with Gasteiger partial charge in [0.05, 0.1) is 0 Å². The van der Waals surface area contributed by atoms with Crippen LogP contribution in [0, 0.1) is 5.41 Å². The maximum Gasteiger partial charge on any atom is 0.219 e. The molecule has 2 N–H and O–H groups in total. The third-order valence-electron chi connectivity index (χ3n) is 6.45. The van der Waals surface area contributed by atoms with E-state index in [1.807, 2.05) is 18.2 Å². The largest absolute Gasteiger partial charge is 0.508 e. The van der Waals surface area contributed by atoms with Crippen LogP contribution < -0.4 is 5.32 Å². The third kappa shape index (κ3) is 4.22. The molecule has 2 fully saturated rings. The van der Waals surface area contributed by atoms with E-state index in [2.05, 4.69) is 40.5 Å². The Bertz CT molecular complexity index is 814. The number of carbonyl (C=O) groups is 1. The topological polar surface area (TPSA) is 52.6 Å². The summed E-state index contributed by atoms with van der Waals surface area (Å²) >= 11 is 0. The number of hydrogen-bond donors (Lipinski definition) is 2. The molecule has 1 saturated heterocycles. The zero-order valence-electron chi connectivity index (χ0n) is 16.6. The summed E-state index contributed by atoms with van der Waals surface area (Å²) in [5.74, 6) is 0.957. The lowest BCUT2D eigenvalue weighted by molar-refractivity contribution is -0.131. The minimum atomic E-state index is 0.0640. The van der Waals surface area contributed by atoms with Crippen molar-refractivity contribution < 1.29 is 9.90 Å². The molecule has 2 atom stereocenters. The summed E-state index contributed by atoms with van der Waals surface area (Å²) in [5.41, 5.74) is 2.56. The molecule has 1 heterocycles. The first-order valence-electron chi connectivity index (χ1n) is 10.4. The van der Waals surface area contributed by atoms with Crippen molar-refractivity contribution in [1.82, 2.24) is 10.2 Å². The van der Waals surface area contributed by atoms with Gasteiger partial charge >= 0.3 is 0 Å². The van der Waals surface area contributed by atoms with Crippen LogP contribution in [0.4, 0.5) is 0 Å². The lowest BCUT2D eigenvalue weighted by Crippen LogP contribution is -2.48. The van der Waals surface area contributed by atoms with Crippen molar-refractivity contribution in [3.63, 3.8) is 0 Å². The molecule has 4 nitrogen and oxygen atoms in total. The van der Waals surface area contributed by atoms with Gasteiger partial charge in [-0.25, -0.2) is 0 Å². The number of phenolic OH excluding ortho intramolecular Hbond substituents is 1. The van der Waals surface area contributed by atoms with Gasteiger partial charge in [0, 0.05) is 25.4 Å². The van der Waals surface area contributed by atoms with Crippen LogP contribution in [0.2, 0.25) is 0 Å². The van der Waals surface area contributed by atoms with Gasteiger partial charge in [0.2, 0.25) is 5.91 Å². The number of phenols is 1. The highest BCUT2D eigenvalue weighted by molar-refractivity contribution is 5.74. The lowest BCUT2D eigenvalue weighted by atomic mass is 9.73. The molecule has 0 bridgehead atoms. The summed E-state index contributed by atoms with van der Waals surface area (Å²) in [7, 11) is 0. The molecule has 1 saturated carbocycles. The number of nitrogens with one attached hydrogen (secondary N) is 1. The summed E-state index contributed by atoms with van der Waals surface area (Å²) < 4.78 is 0. The highest BCUT2D eigenvalue weighted by Crippen LogP contribution is 2.46. The van der Waals surface area contributed by atoms with Crippen LogP contribution in [0.5, 0.6) is 5.75 Å². The molecule has 1 aliphatic heterocycles. The predicted molar refractivity (Wildman–Crippen MR) is 111 cm³/mol. The van der Waals surface area contributed by atoms with Crippen molar-refractivity contribution in [2.24, 2.45) is 5.41 Å². The van der Waals surface area contributed by atoms with Crippen molar-refractivity contribution >= 4 is 5.91 Å². The molecule has 1 unspecified atom stereocenters. The first-order chi connectivity index (χ1) is 13.6. The van der Waals surface area contributed by atoms with Crippen molar-refractivity contribution in [2.45, 2.75) is 44.6 Å². The average molecular weight is 379 g/mol. The highest BCUT2D eigenvalue weighted by atomic mass is 16.3. The summed E-state index contributed by atoms with van der Waals surface area (Å²) in [6, 6.07) is 18.5. The van der Waals surface area contributed by atoms with E-state index < -0.39 is 0 Å². The van der Waals surface area contributed by atoms with Crippen LogP contribution in [0.1, 0.15) is 43.2 Å². The van der Waals surface area contributed by atoms with Gasteiger partial charge in [-0.15, -0.1) is 0 Å². The van der Waals surface area contributed by atoms with Crippen molar-refractivity contribution in [2.75, 3.05) is 19.6 Å². The minimum absolute atomic E-state index is 0.0640. The first kappa shape index (κ1) is 19.0. The Kier molecular flexibility index (Phi) is 5.40. The molecule has 148 valence electrons. The van der Waals surface area contributed by atoms with Gasteiger partial charge in [0.25, 0.3) is 0 Å². The number of rotatable bonds is 6. The summed E-state index contributed by atoms with van der Waals surface area (Å²) in [4.78, 5) is 14.7. The molecule has 0 radical (unpaired) electrons. The monoisotopic (exact) mass is 378 g/mol. The van der Waals surface area contributed by atoms with E-state index in [0.29, 0.717) is 17.7 Å². The molecule has 1 aliphatic carbocycles. The Morgan fingerprint density at radius 3 is 2.57 bits per heavy atom. The van der Waals surface area contributed by atoms with Crippen LogP contribution >= 0.6 is 0 Å². The van der Waals surface area contributed by atoms with Crippen LogP contribution in [-0.2, 0) is 11.2 Å². The second-order valence-corrected chi connectivity index (χ2v) is 8.56. The van der Waals surface area contributed by atoms with Gasteiger partial charge in [-0.05, 0) is 67.4 Å². The zero-order valence-corrected chi connectivity index (χ0v) is 16.6. The van der Waals surface area contributed by atoms with E-state index in [9.17, 15) is 9.90 Å².